The third kappa shape index (κ3) is 3.60. The number of halogens is 1. The summed E-state index contributed by atoms with van der Waals surface area (Å²) in [7, 11) is 0. The lowest BCUT2D eigenvalue weighted by molar-refractivity contribution is 0.0988. The molecule has 0 aromatic heterocycles. The molecule has 0 amide bonds. The molecule has 16 heavy (non-hydrogen) atoms. The predicted molar refractivity (Wildman–Crippen MR) is 64.7 cm³/mol. The Bertz CT molecular complexity index is 294. The molecule has 0 spiro atoms. The van der Waals surface area contributed by atoms with Gasteiger partial charge in [-0.05, 0) is 30.0 Å². The second-order valence-corrected chi connectivity index (χ2v) is 4.31. The summed E-state index contributed by atoms with van der Waals surface area (Å²) in [4.78, 5) is 0. The first-order valence-electron chi connectivity index (χ1n) is 6.12. The van der Waals surface area contributed by atoms with Gasteiger partial charge in [-0.2, -0.15) is 0 Å². The van der Waals surface area contributed by atoms with Crippen LogP contribution < -0.4 is 0 Å². The van der Waals surface area contributed by atoms with Gasteiger partial charge >= 0.3 is 0 Å². The molecule has 1 rings (SSSR count). The minimum atomic E-state index is -0.461. The van der Waals surface area contributed by atoms with Crippen molar-refractivity contribution in [3.05, 3.63) is 35.6 Å². The first kappa shape index (κ1) is 13.2. The molecule has 2 unspecified atom stereocenters. The van der Waals surface area contributed by atoms with Crippen LogP contribution in [0.3, 0.4) is 0 Å². The van der Waals surface area contributed by atoms with Crippen LogP contribution >= 0.6 is 0 Å². The van der Waals surface area contributed by atoms with E-state index in [1.54, 1.807) is 12.1 Å². The monoisotopic (exact) mass is 224 g/mol. The van der Waals surface area contributed by atoms with E-state index in [1.807, 2.05) is 0 Å². The van der Waals surface area contributed by atoms with Crippen molar-refractivity contribution < 1.29 is 9.50 Å². The summed E-state index contributed by atoms with van der Waals surface area (Å²) in [5, 5.41) is 10.2. The van der Waals surface area contributed by atoms with Crippen LogP contribution in [0.4, 0.5) is 4.39 Å². The maximum Gasteiger partial charge on any atom is 0.123 e. The van der Waals surface area contributed by atoms with Gasteiger partial charge in [0.15, 0.2) is 0 Å². The third-order valence-corrected chi connectivity index (χ3v) is 3.11. The van der Waals surface area contributed by atoms with Crippen molar-refractivity contribution >= 4 is 0 Å². The Balaban J connectivity index is 2.66. The van der Waals surface area contributed by atoms with Gasteiger partial charge in [-0.25, -0.2) is 4.39 Å². The molecule has 0 aliphatic carbocycles. The second kappa shape index (κ2) is 6.64. The Kier molecular flexibility index (Phi) is 5.47. The van der Waals surface area contributed by atoms with Gasteiger partial charge in [-0.1, -0.05) is 45.2 Å². The number of benzene rings is 1. The van der Waals surface area contributed by atoms with E-state index < -0.39 is 6.10 Å². The minimum absolute atomic E-state index is 0.252. The lowest BCUT2D eigenvalue weighted by Gasteiger charge is -2.21. The average Bonchev–Trinajstić information content (AvgIpc) is 2.30. The molecule has 0 bridgehead atoms. The van der Waals surface area contributed by atoms with E-state index in [-0.39, 0.29) is 11.7 Å². The summed E-state index contributed by atoms with van der Waals surface area (Å²) >= 11 is 0. The van der Waals surface area contributed by atoms with Gasteiger partial charge in [0.25, 0.3) is 0 Å². The summed E-state index contributed by atoms with van der Waals surface area (Å²) in [5.41, 5.74) is 0.823. The fraction of sp³-hybridized carbons (Fsp3) is 0.571. The highest BCUT2D eigenvalue weighted by atomic mass is 19.1. The van der Waals surface area contributed by atoms with Crippen LogP contribution in [-0.2, 0) is 0 Å². The van der Waals surface area contributed by atoms with Crippen LogP contribution in [0.15, 0.2) is 24.3 Å². The van der Waals surface area contributed by atoms with Crippen LogP contribution in [0.1, 0.15) is 51.2 Å². The van der Waals surface area contributed by atoms with Crippen LogP contribution in [-0.4, -0.2) is 5.11 Å². The molecule has 0 aliphatic rings. The Morgan fingerprint density at radius 1 is 1.19 bits per heavy atom. The van der Waals surface area contributed by atoms with E-state index in [1.165, 1.54) is 12.1 Å². The van der Waals surface area contributed by atoms with Gasteiger partial charge in [-0.15, -0.1) is 0 Å². The van der Waals surface area contributed by atoms with Crippen molar-refractivity contribution in [2.45, 2.75) is 45.6 Å². The molecule has 0 saturated heterocycles. The molecular formula is C14H21FO. The molecule has 2 atom stereocenters. The van der Waals surface area contributed by atoms with E-state index in [2.05, 4.69) is 13.8 Å². The maximum absolute atomic E-state index is 12.8. The molecule has 90 valence electrons. The molecule has 0 heterocycles. The zero-order valence-corrected chi connectivity index (χ0v) is 10.1. The topological polar surface area (TPSA) is 20.2 Å². The van der Waals surface area contributed by atoms with Crippen molar-refractivity contribution in [2.75, 3.05) is 0 Å². The molecule has 1 N–H and O–H groups in total. The highest BCUT2D eigenvalue weighted by Crippen LogP contribution is 2.28. The zero-order chi connectivity index (χ0) is 12.0. The summed E-state index contributed by atoms with van der Waals surface area (Å²) in [6.07, 6.45) is 3.81. The smallest absolute Gasteiger partial charge is 0.123 e. The van der Waals surface area contributed by atoms with Crippen molar-refractivity contribution in [2.24, 2.45) is 5.92 Å². The van der Waals surface area contributed by atoms with Crippen LogP contribution in [0.5, 0.6) is 0 Å². The molecule has 1 aromatic rings. The van der Waals surface area contributed by atoms with Gasteiger partial charge in [0.1, 0.15) is 5.82 Å². The molecular weight excluding hydrogens is 203 g/mol. The summed E-state index contributed by atoms with van der Waals surface area (Å²) < 4.78 is 12.8. The van der Waals surface area contributed by atoms with Crippen molar-refractivity contribution in [1.82, 2.24) is 0 Å². The number of hydrogen-bond acceptors (Lipinski definition) is 1. The normalized spacial score (nSPS) is 14.8. The van der Waals surface area contributed by atoms with E-state index in [9.17, 15) is 9.50 Å². The molecule has 0 fully saturated rings. The Morgan fingerprint density at radius 3 is 2.31 bits per heavy atom. The number of aliphatic hydroxyl groups excluding tert-OH is 1. The van der Waals surface area contributed by atoms with E-state index in [0.717, 1.165) is 31.2 Å². The van der Waals surface area contributed by atoms with E-state index in [4.69, 9.17) is 0 Å². The first-order valence-corrected chi connectivity index (χ1v) is 6.12. The Labute approximate surface area is 97.3 Å². The highest BCUT2D eigenvalue weighted by molar-refractivity contribution is 5.19. The van der Waals surface area contributed by atoms with Crippen molar-refractivity contribution in [3.8, 4) is 0 Å². The number of unbranched alkanes of at least 4 members (excludes halogenated alkanes) is 1. The summed E-state index contributed by atoms with van der Waals surface area (Å²) in [6.45, 7) is 4.24. The molecule has 2 heteroatoms. The molecule has 1 nitrogen and oxygen atoms in total. The minimum Gasteiger partial charge on any atom is -0.388 e. The SMILES string of the molecule is CCCCC(CC)C(O)c1ccc(F)cc1. The zero-order valence-electron chi connectivity index (χ0n) is 10.1. The van der Waals surface area contributed by atoms with E-state index >= 15 is 0 Å². The predicted octanol–water partition coefficient (Wildman–Crippen LogP) is 4.08. The number of aliphatic hydroxyl groups is 1. The summed E-state index contributed by atoms with van der Waals surface area (Å²) in [6, 6.07) is 6.17. The van der Waals surface area contributed by atoms with Gasteiger partial charge in [0.05, 0.1) is 6.10 Å². The van der Waals surface area contributed by atoms with Gasteiger partial charge in [0, 0.05) is 0 Å². The average molecular weight is 224 g/mol. The van der Waals surface area contributed by atoms with Crippen LogP contribution in [0, 0.1) is 11.7 Å². The summed E-state index contributed by atoms with van der Waals surface area (Å²) in [5.74, 6) is 0.0305. The van der Waals surface area contributed by atoms with Crippen LogP contribution in [0.2, 0.25) is 0 Å². The Hall–Kier alpha value is -0.890. The van der Waals surface area contributed by atoms with Crippen molar-refractivity contribution in [1.29, 1.82) is 0 Å². The van der Waals surface area contributed by atoms with E-state index in [0.29, 0.717) is 0 Å². The first-order chi connectivity index (χ1) is 7.69. The third-order valence-electron chi connectivity index (χ3n) is 3.11. The fourth-order valence-corrected chi connectivity index (χ4v) is 1.98. The number of hydrogen-bond donors (Lipinski definition) is 1. The van der Waals surface area contributed by atoms with Gasteiger partial charge in [-0.3, -0.25) is 0 Å². The second-order valence-electron chi connectivity index (χ2n) is 4.31. The maximum atomic E-state index is 12.8. The molecule has 0 aliphatic heterocycles. The highest BCUT2D eigenvalue weighted by Gasteiger charge is 2.18. The molecule has 0 radical (unpaired) electrons. The fourth-order valence-electron chi connectivity index (χ4n) is 1.98. The van der Waals surface area contributed by atoms with Gasteiger partial charge in [0.2, 0.25) is 0 Å². The quantitative estimate of drug-likeness (QED) is 0.772. The van der Waals surface area contributed by atoms with Crippen molar-refractivity contribution in [3.63, 3.8) is 0 Å². The number of rotatable bonds is 6. The lowest BCUT2D eigenvalue weighted by Crippen LogP contribution is -2.11. The van der Waals surface area contributed by atoms with Gasteiger partial charge < -0.3 is 5.11 Å². The lowest BCUT2D eigenvalue weighted by atomic mass is 9.89. The largest absolute Gasteiger partial charge is 0.388 e. The standard InChI is InChI=1S/C14H21FO/c1-3-5-6-11(4-2)14(16)12-7-9-13(15)10-8-12/h7-11,14,16H,3-6H2,1-2H3. The molecule has 1 aromatic carbocycles. The molecule has 0 saturated carbocycles. The van der Waals surface area contributed by atoms with Crippen LogP contribution in [0.25, 0.3) is 0 Å². The Morgan fingerprint density at radius 2 is 1.81 bits per heavy atom.